The van der Waals surface area contributed by atoms with Crippen molar-refractivity contribution in [1.29, 1.82) is 0 Å². The molecule has 0 spiro atoms. The summed E-state index contributed by atoms with van der Waals surface area (Å²) in [6.45, 7) is 5.54. The lowest BCUT2D eigenvalue weighted by molar-refractivity contribution is -0.142. The Hall–Kier alpha value is -1.33. The maximum Gasteiger partial charge on any atom is 0.322 e. The van der Waals surface area contributed by atoms with Gasteiger partial charge >= 0.3 is 5.97 Å². The van der Waals surface area contributed by atoms with Crippen molar-refractivity contribution in [2.45, 2.75) is 32.9 Å². The number of aryl methyl sites for hydroxylation is 1. The van der Waals surface area contributed by atoms with Crippen molar-refractivity contribution in [2.75, 3.05) is 20.8 Å². The van der Waals surface area contributed by atoms with Gasteiger partial charge < -0.3 is 19.8 Å². The largest absolute Gasteiger partial charge is 0.468 e. The third-order valence-electron chi connectivity index (χ3n) is 3.14. The summed E-state index contributed by atoms with van der Waals surface area (Å²) in [5.41, 5.74) is 9.14. The van der Waals surface area contributed by atoms with Crippen molar-refractivity contribution < 1.29 is 14.3 Å². The second kappa shape index (κ2) is 6.56. The van der Waals surface area contributed by atoms with Gasteiger partial charge in [-0.05, 0) is 31.9 Å². The van der Waals surface area contributed by atoms with Crippen LogP contribution in [-0.2, 0) is 27.2 Å². The van der Waals surface area contributed by atoms with E-state index in [0.29, 0.717) is 13.0 Å². The van der Waals surface area contributed by atoms with Crippen molar-refractivity contribution in [1.82, 2.24) is 4.57 Å². The van der Waals surface area contributed by atoms with Gasteiger partial charge in [-0.25, -0.2) is 0 Å². The second-order valence-corrected chi connectivity index (χ2v) is 4.37. The molecule has 0 fully saturated rings. The summed E-state index contributed by atoms with van der Waals surface area (Å²) in [6, 6.07) is 1.46. The summed E-state index contributed by atoms with van der Waals surface area (Å²) in [5.74, 6) is -0.378. The lowest BCUT2D eigenvalue weighted by atomic mass is 10.1. The van der Waals surface area contributed by atoms with E-state index < -0.39 is 6.04 Å². The van der Waals surface area contributed by atoms with Crippen molar-refractivity contribution in [2.24, 2.45) is 5.73 Å². The van der Waals surface area contributed by atoms with E-state index in [9.17, 15) is 4.79 Å². The minimum Gasteiger partial charge on any atom is -0.468 e. The monoisotopic (exact) mass is 254 g/mol. The van der Waals surface area contributed by atoms with E-state index in [-0.39, 0.29) is 5.97 Å². The van der Waals surface area contributed by atoms with Crippen LogP contribution in [-0.4, -0.2) is 37.4 Å². The Bertz CT molecular complexity index is 413. The van der Waals surface area contributed by atoms with Crippen molar-refractivity contribution in [3.8, 4) is 0 Å². The summed E-state index contributed by atoms with van der Waals surface area (Å²) in [4.78, 5) is 11.3. The first-order chi connectivity index (χ1) is 8.51. The Morgan fingerprint density at radius 1 is 1.44 bits per heavy atom. The van der Waals surface area contributed by atoms with Gasteiger partial charge in [0.25, 0.3) is 0 Å². The number of carbonyl (C=O) groups is 1. The van der Waals surface area contributed by atoms with Crippen LogP contribution in [0.3, 0.4) is 0 Å². The topological polar surface area (TPSA) is 66.5 Å². The smallest absolute Gasteiger partial charge is 0.322 e. The molecule has 0 aliphatic carbocycles. The predicted octanol–water partition coefficient (Wildman–Crippen LogP) is 0.794. The number of nitrogens with zero attached hydrogens (tertiary/aromatic N) is 1. The number of methoxy groups -OCH3 is 2. The van der Waals surface area contributed by atoms with Crippen LogP contribution in [0, 0.1) is 13.8 Å². The van der Waals surface area contributed by atoms with Crippen molar-refractivity contribution in [3.63, 3.8) is 0 Å². The lowest BCUT2D eigenvalue weighted by Crippen LogP contribution is -2.33. The average molecular weight is 254 g/mol. The molecule has 1 aromatic heterocycles. The van der Waals surface area contributed by atoms with E-state index >= 15 is 0 Å². The molecule has 0 saturated heterocycles. The quantitative estimate of drug-likeness (QED) is 0.762. The zero-order valence-corrected chi connectivity index (χ0v) is 11.5. The lowest BCUT2D eigenvalue weighted by Gasteiger charge is -2.11. The van der Waals surface area contributed by atoms with E-state index in [1.165, 1.54) is 7.11 Å². The van der Waals surface area contributed by atoms with Crippen molar-refractivity contribution >= 4 is 5.97 Å². The molecule has 1 rings (SSSR count). The molecular weight excluding hydrogens is 232 g/mol. The number of hydrogen-bond donors (Lipinski definition) is 1. The summed E-state index contributed by atoms with van der Waals surface area (Å²) in [6.07, 6.45) is 0.499. The van der Waals surface area contributed by atoms with E-state index in [1.807, 2.05) is 13.8 Å². The van der Waals surface area contributed by atoms with Crippen LogP contribution in [0.25, 0.3) is 0 Å². The zero-order valence-electron chi connectivity index (χ0n) is 11.5. The Morgan fingerprint density at radius 2 is 2.11 bits per heavy atom. The molecule has 102 valence electrons. The number of ether oxygens (including phenoxy) is 2. The second-order valence-electron chi connectivity index (χ2n) is 4.37. The molecule has 0 aromatic carbocycles. The van der Waals surface area contributed by atoms with E-state index in [1.54, 1.807) is 7.11 Å². The van der Waals surface area contributed by atoms with E-state index in [0.717, 1.165) is 23.5 Å². The molecule has 0 amide bonds. The van der Waals surface area contributed by atoms with Crippen LogP contribution in [0.2, 0.25) is 0 Å². The van der Waals surface area contributed by atoms with Crippen LogP contribution in [0.1, 0.15) is 17.0 Å². The van der Waals surface area contributed by atoms with Gasteiger partial charge in [-0.15, -0.1) is 0 Å². The molecule has 0 saturated carbocycles. The fraction of sp³-hybridized carbons (Fsp3) is 0.615. The van der Waals surface area contributed by atoms with E-state index in [2.05, 4.69) is 15.4 Å². The molecule has 5 nitrogen and oxygen atoms in total. The highest BCUT2D eigenvalue weighted by Gasteiger charge is 2.17. The maximum absolute atomic E-state index is 11.3. The molecule has 2 N–H and O–H groups in total. The summed E-state index contributed by atoms with van der Waals surface area (Å²) >= 11 is 0. The van der Waals surface area contributed by atoms with Gasteiger partial charge in [-0.2, -0.15) is 0 Å². The zero-order chi connectivity index (χ0) is 13.7. The minimum absolute atomic E-state index is 0.378. The van der Waals surface area contributed by atoms with Gasteiger partial charge in [0.2, 0.25) is 0 Å². The molecule has 5 heteroatoms. The molecule has 1 unspecified atom stereocenters. The van der Waals surface area contributed by atoms with E-state index in [4.69, 9.17) is 10.5 Å². The number of carbonyl (C=O) groups excluding carboxylic acids is 1. The minimum atomic E-state index is -0.605. The molecular formula is C13H22N2O3. The van der Waals surface area contributed by atoms with Gasteiger partial charge in [0, 0.05) is 25.0 Å². The number of rotatable bonds is 6. The van der Waals surface area contributed by atoms with Gasteiger partial charge in [0.05, 0.1) is 13.7 Å². The van der Waals surface area contributed by atoms with Crippen LogP contribution < -0.4 is 5.73 Å². The first-order valence-electron chi connectivity index (χ1n) is 5.99. The van der Waals surface area contributed by atoms with Crippen molar-refractivity contribution in [3.05, 3.63) is 23.0 Å². The maximum atomic E-state index is 11.3. The Kier molecular flexibility index (Phi) is 5.37. The average Bonchev–Trinajstić information content (AvgIpc) is 2.61. The number of aromatic nitrogens is 1. The van der Waals surface area contributed by atoms with Crippen LogP contribution in [0.15, 0.2) is 6.07 Å². The first-order valence-corrected chi connectivity index (χ1v) is 5.99. The molecule has 1 aromatic rings. The van der Waals surface area contributed by atoms with Gasteiger partial charge in [-0.3, -0.25) is 4.79 Å². The van der Waals surface area contributed by atoms with Crippen LogP contribution in [0.4, 0.5) is 0 Å². The molecule has 0 bridgehead atoms. The highest BCUT2D eigenvalue weighted by atomic mass is 16.5. The third kappa shape index (κ3) is 3.34. The molecule has 1 heterocycles. The molecule has 18 heavy (non-hydrogen) atoms. The van der Waals surface area contributed by atoms with Crippen LogP contribution >= 0.6 is 0 Å². The number of nitrogens with two attached hydrogens (primary N) is 1. The number of esters is 1. The summed E-state index contributed by atoms with van der Waals surface area (Å²) in [7, 11) is 3.03. The molecule has 1 atom stereocenters. The normalized spacial score (nSPS) is 12.5. The number of hydrogen-bond acceptors (Lipinski definition) is 4. The summed E-state index contributed by atoms with van der Waals surface area (Å²) < 4.78 is 11.9. The first kappa shape index (κ1) is 14.7. The van der Waals surface area contributed by atoms with Gasteiger partial charge in [-0.1, -0.05) is 0 Å². The van der Waals surface area contributed by atoms with Gasteiger partial charge in [0.1, 0.15) is 6.04 Å². The Balaban J connectivity index is 2.81. The highest BCUT2D eigenvalue weighted by Crippen LogP contribution is 2.16. The SMILES string of the molecule is COCCn1c(C)cc(CC(N)C(=O)OC)c1C. The standard InChI is InChI=1S/C13H22N2O3/c1-9-7-11(8-12(14)13(16)18-4)10(2)15(9)5-6-17-3/h7,12H,5-6,8,14H2,1-4H3. The Labute approximate surface area is 108 Å². The third-order valence-corrected chi connectivity index (χ3v) is 3.14. The highest BCUT2D eigenvalue weighted by molar-refractivity contribution is 5.75. The fourth-order valence-electron chi connectivity index (χ4n) is 2.08. The molecule has 0 radical (unpaired) electrons. The fourth-order valence-corrected chi connectivity index (χ4v) is 2.08. The Morgan fingerprint density at radius 3 is 2.67 bits per heavy atom. The van der Waals surface area contributed by atoms with Crippen LogP contribution in [0.5, 0.6) is 0 Å². The predicted molar refractivity (Wildman–Crippen MR) is 69.5 cm³/mol. The van der Waals surface area contributed by atoms with Gasteiger partial charge in [0.15, 0.2) is 0 Å². The molecule has 0 aliphatic rings. The molecule has 0 aliphatic heterocycles. The summed E-state index contributed by atoms with van der Waals surface area (Å²) in [5, 5.41) is 0.